The van der Waals surface area contributed by atoms with Gasteiger partial charge in [0.15, 0.2) is 15.6 Å². The minimum absolute atomic E-state index is 0.120. The van der Waals surface area contributed by atoms with Crippen molar-refractivity contribution in [3.63, 3.8) is 0 Å². The van der Waals surface area contributed by atoms with Gasteiger partial charge < -0.3 is 19.7 Å². The standard InChI is InChI=1S/C28H34FIN6O3/c1-27(2,3)39-26(37)33-23-21-17(7-6-8-18(21)29)15-28(23)10-12-35(13-11-28)19-16-31-22-24(30)34-36(25(22)32-19)20-9-4-5-14-38-20/h6-8,16,20,23H,4-5,9-15H2,1-3H3,(H,33,37)/t20?,23-/m1/s1. The van der Waals surface area contributed by atoms with Crippen LogP contribution in [0.15, 0.2) is 24.4 Å². The van der Waals surface area contributed by atoms with Crippen LogP contribution < -0.4 is 10.2 Å². The summed E-state index contributed by atoms with van der Waals surface area (Å²) in [6.45, 7) is 7.64. The molecular weight excluding hydrogens is 614 g/mol. The Morgan fingerprint density at radius 2 is 2.05 bits per heavy atom. The third-order valence-corrected chi connectivity index (χ3v) is 8.84. The fraction of sp³-hybridized carbons (Fsp3) is 0.571. The molecule has 11 heteroatoms. The highest BCUT2D eigenvalue weighted by molar-refractivity contribution is 14.1. The van der Waals surface area contributed by atoms with Gasteiger partial charge in [-0.3, -0.25) is 0 Å². The summed E-state index contributed by atoms with van der Waals surface area (Å²) in [5.41, 5.74) is 2.12. The molecule has 2 atom stereocenters. The van der Waals surface area contributed by atoms with E-state index in [1.807, 2.05) is 37.7 Å². The highest BCUT2D eigenvalue weighted by Crippen LogP contribution is 2.53. The van der Waals surface area contributed by atoms with Crippen molar-refractivity contribution in [1.82, 2.24) is 25.1 Å². The van der Waals surface area contributed by atoms with Gasteiger partial charge in [0, 0.05) is 30.7 Å². The largest absolute Gasteiger partial charge is 0.444 e. The van der Waals surface area contributed by atoms with Crippen LogP contribution >= 0.6 is 22.6 Å². The van der Waals surface area contributed by atoms with E-state index in [1.54, 1.807) is 6.07 Å². The van der Waals surface area contributed by atoms with E-state index in [1.165, 1.54) is 6.07 Å². The first kappa shape index (κ1) is 26.7. The van der Waals surface area contributed by atoms with Crippen molar-refractivity contribution < 1.29 is 18.7 Å². The normalized spacial score (nSPS) is 22.7. The van der Waals surface area contributed by atoms with Gasteiger partial charge in [0.1, 0.15) is 22.8 Å². The zero-order valence-corrected chi connectivity index (χ0v) is 24.7. The van der Waals surface area contributed by atoms with Crippen LogP contribution in [0.4, 0.5) is 15.0 Å². The van der Waals surface area contributed by atoms with Crippen LogP contribution in [0, 0.1) is 14.9 Å². The highest BCUT2D eigenvalue weighted by atomic mass is 127. The number of halogens is 2. The van der Waals surface area contributed by atoms with Gasteiger partial charge in [-0.1, -0.05) is 12.1 Å². The van der Waals surface area contributed by atoms with Gasteiger partial charge in [0.25, 0.3) is 0 Å². The van der Waals surface area contributed by atoms with Crippen molar-refractivity contribution in [3.8, 4) is 0 Å². The molecule has 0 saturated carbocycles. The smallest absolute Gasteiger partial charge is 0.408 e. The second-order valence-electron chi connectivity index (χ2n) is 11.9. The number of ether oxygens (including phenoxy) is 2. The van der Waals surface area contributed by atoms with Crippen LogP contribution in [0.1, 0.15) is 76.3 Å². The summed E-state index contributed by atoms with van der Waals surface area (Å²) in [4.78, 5) is 24.8. The number of amides is 1. The molecule has 2 aliphatic heterocycles. The lowest BCUT2D eigenvalue weighted by Gasteiger charge is -2.43. The van der Waals surface area contributed by atoms with Crippen molar-refractivity contribution in [3.05, 3.63) is 45.0 Å². The molecule has 3 aromatic rings. The number of aromatic nitrogens is 4. The number of alkyl carbamates (subject to hydrolysis) is 1. The number of nitrogens with one attached hydrogen (secondary N) is 1. The van der Waals surface area contributed by atoms with E-state index in [-0.39, 0.29) is 17.5 Å². The molecule has 0 bridgehead atoms. The van der Waals surface area contributed by atoms with Crippen LogP contribution in [0.5, 0.6) is 0 Å². The molecule has 9 nitrogen and oxygen atoms in total. The number of hydrogen-bond donors (Lipinski definition) is 1. The Hall–Kier alpha value is -2.54. The maximum atomic E-state index is 15.1. The van der Waals surface area contributed by atoms with Gasteiger partial charge in [0.2, 0.25) is 0 Å². The van der Waals surface area contributed by atoms with Gasteiger partial charge in [-0.25, -0.2) is 23.8 Å². The Morgan fingerprint density at radius 3 is 2.77 bits per heavy atom. The number of benzene rings is 1. The van der Waals surface area contributed by atoms with Crippen molar-refractivity contribution in [2.75, 3.05) is 24.6 Å². The lowest BCUT2D eigenvalue weighted by Crippen LogP contribution is -2.48. The second-order valence-corrected chi connectivity index (χ2v) is 12.9. The zero-order chi connectivity index (χ0) is 27.4. The molecule has 2 saturated heterocycles. The van der Waals surface area contributed by atoms with E-state index >= 15 is 4.39 Å². The fourth-order valence-electron chi connectivity index (χ4n) is 6.28. The first-order valence-electron chi connectivity index (χ1n) is 13.7. The first-order chi connectivity index (χ1) is 18.6. The first-order valence-corrected chi connectivity index (χ1v) is 14.8. The van der Waals surface area contributed by atoms with Crippen LogP contribution in [0.25, 0.3) is 11.2 Å². The Kier molecular flexibility index (Phi) is 6.93. The number of anilines is 1. The molecule has 2 aromatic heterocycles. The summed E-state index contributed by atoms with van der Waals surface area (Å²) in [6.07, 6.45) is 6.50. The van der Waals surface area contributed by atoms with Gasteiger partial charge in [0.05, 0.1) is 12.2 Å². The summed E-state index contributed by atoms with van der Waals surface area (Å²) in [6, 6.07) is 4.74. The molecule has 1 aromatic carbocycles. The number of hydrogen-bond acceptors (Lipinski definition) is 7. The van der Waals surface area contributed by atoms with E-state index in [9.17, 15) is 4.79 Å². The Morgan fingerprint density at radius 1 is 1.26 bits per heavy atom. The number of carbonyl (C=O) groups excluding carboxylic acids is 1. The molecule has 1 N–H and O–H groups in total. The lowest BCUT2D eigenvalue weighted by molar-refractivity contribution is -0.0372. The Bertz CT molecular complexity index is 1390. The molecule has 208 valence electrons. The van der Waals surface area contributed by atoms with Crippen LogP contribution in [-0.2, 0) is 15.9 Å². The van der Waals surface area contributed by atoms with Gasteiger partial charge in [-0.2, -0.15) is 5.10 Å². The SMILES string of the molecule is CC(C)(C)OC(=O)N[C@@H]1c2c(F)cccc2CC12CCN(c1cnc3c(I)nn(C4CCCCO4)c3n1)CC2. The molecule has 2 fully saturated rings. The quantitative estimate of drug-likeness (QED) is 0.366. The molecule has 6 rings (SSSR count). The summed E-state index contributed by atoms with van der Waals surface area (Å²) < 4.78 is 29.4. The average molecular weight is 649 g/mol. The molecule has 1 spiro atoms. The van der Waals surface area contributed by atoms with E-state index in [0.29, 0.717) is 25.1 Å². The molecule has 39 heavy (non-hydrogen) atoms. The maximum absolute atomic E-state index is 15.1. The lowest BCUT2D eigenvalue weighted by atomic mass is 9.72. The minimum Gasteiger partial charge on any atom is -0.444 e. The molecule has 1 aliphatic carbocycles. The zero-order valence-electron chi connectivity index (χ0n) is 22.5. The van der Waals surface area contributed by atoms with Gasteiger partial charge >= 0.3 is 6.09 Å². The minimum atomic E-state index is -0.637. The Balaban J connectivity index is 1.25. The highest BCUT2D eigenvalue weighted by Gasteiger charge is 2.50. The van der Waals surface area contributed by atoms with Crippen LogP contribution in [-0.4, -0.2) is 51.1 Å². The van der Waals surface area contributed by atoms with Crippen molar-refractivity contribution in [1.29, 1.82) is 0 Å². The number of nitrogens with zero attached hydrogens (tertiary/aromatic N) is 5. The number of fused-ring (bicyclic) bond motifs is 2. The predicted octanol–water partition coefficient (Wildman–Crippen LogP) is 5.68. The molecule has 0 radical (unpaired) electrons. The van der Waals surface area contributed by atoms with E-state index in [4.69, 9.17) is 24.5 Å². The summed E-state index contributed by atoms with van der Waals surface area (Å²) in [7, 11) is 0. The molecular formula is C28H34FIN6O3. The van der Waals surface area contributed by atoms with Crippen LogP contribution in [0.3, 0.4) is 0 Å². The summed E-state index contributed by atoms with van der Waals surface area (Å²) >= 11 is 2.21. The summed E-state index contributed by atoms with van der Waals surface area (Å²) in [5.74, 6) is 0.515. The molecule has 1 unspecified atom stereocenters. The summed E-state index contributed by atoms with van der Waals surface area (Å²) in [5, 5.41) is 7.74. The second kappa shape index (κ2) is 10.1. The fourth-order valence-corrected chi connectivity index (χ4v) is 6.89. The van der Waals surface area contributed by atoms with Crippen molar-refractivity contribution in [2.45, 2.75) is 77.2 Å². The van der Waals surface area contributed by atoms with E-state index < -0.39 is 17.7 Å². The molecule has 4 heterocycles. The maximum Gasteiger partial charge on any atom is 0.408 e. The molecule has 1 amide bonds. The van der Waals surface area contributed by atoms with Gasteiger partial charge in [-0.05, 0) is 93.5 Å². The van der Waals surface area contributed by atoms with E-state index in [2.05, 4.69) is 32.8 Å². The third-order valence-electron chi connectivity index (χ3n) is 8.11. The van der Waals surface area contributed by atoms with Crippen molar-refractivity contribution >= 4 is 45.7 Å². The van der Waals surface area contributed by atoms with Crippen molar-refractivity contribution in [2.24, 2.45) is 5.41 Å². The van der Waals surface area contributed by atoms with Gasteiger partial charge in [-0.15, -0.1) is 0 Å². The Labute approximate surface area is 241 Å². The monoisotopic (exact) mass is 648 g/mol. The van der Waals surface area contributed by atoms with Crippen LogP contribution in [0.2, 0.25) is 0 Å². The molecule has 3 aliphatic rings. The topological polar surface area (TPSA) is 94.4 Å². The predicted molar refractivity (Wildman–Crippen MR) is 153 cm³/mol. The number of rotatable bonds is 3. The third kappa shape index (κ3) is 5.07. The van der Waals surface area contributed by atoms with E-state index in [0.717, 1.165) is 65.0 Å². The average Bonchev–Trinajstić information content (AvgIpc) is 3.38. The number of piperidine rings is 1. The number of carbonyl (C=O) groups is 1.